The van der Waals surface area contributed by atoms with Gasteiger partial charge in [-0.15, -0.1) is 0 Å². The molecule has 0 amide bonds. The SMILES string of the molecule is CC1(C)CCC(=O)C(CN2CCC(N3CCOCC3)C2)C1. The lowest BCUT2D eigenvalue weighted by molar-refractivity contribution is -0.127. The minimum Gasteiger partial charge on any atom is -0.379 e. The molecule has 2 heterocycles. The number of morpholine rings is 1. The number of ether oxygens (including phenoxy) is 1. The van der Waals surface area contributed by atoms with Crippen molar-refractivity contribution in [2.45, 2.75) is 45.6 Å². The maximum Gasteiger partial charge on any atom is 0.137 e. The fourth-order valence-electron chi connectivity index (χ4n) is 4.25. The zero-order valence-electron chi connectivity index (χ0n) is 13.6. The Morgan fingerprint density at radius 2 is 2.00 bits per heavy atom. The number of hydrogen-bond acceptors (Lipinski definition) is 4. The third kappa shape index (κ3) is 3.85. The zero-order valence-corrected chi connectivity index (χ0v) is 13.6. The molecule has 3 fully saturated rings. The van der Waals surface area contributed by atoms with E-state index < -0.39 is 0 Å². The third-order valence-electron chi connectivity index (χ3n) is 5.59. The number of ketones is 1. The Kier molecular flexibility index (Phi) is 4.67. The van der Waals surface area contributed by atoms with Gasteiger partial charge in [-0.05, 0) is 31.2 Å². The first-order valence-electron chi connectivity index (χ1n) is 8.60. The van der Waals surface area contributed by atoms with Crippen LogP contribution in [0, 0.1) is 11.3 Å². The van der Waals surface area contributed by atoms with E-state index in [1.54, 1.807) is 0 Å². The minimum absolute atomic E-state index is 0.275. The number of hydrogen-bond donors (Lipinski definition) is 0. The summed E-state index contributed by atoms with van der Waals surface area (Å²) in [6, 6.07) is 0.681. The summed E-state index contributed by atoms with van der Waals surface area (Å²) in [5.41, 5.74) is 0.349. The van der Waals surface area contributed by atoms with E-state index >= 15 is 0 Å². The van der Waals surface area contributed by atoms with Gasteiger partial charge >= 0.3 is 0 Å². The van der Waals surface area contributed by atoms with Crippen molar-refractivity contribution in [1.29, 1.82) is 0 Å². The van der Waals surface area contributed by atoms with Gasteiger partial charge in [0.25, 0.3) is 0 Å². The molecule has 0 aromatic carbocycles. The van der Waals surface area contributed by atoms with Crippen LogP contribution in [0.15, 0.2) is 0 Å². The summed E-state index contributed by atoms with van der Waals surface area (Å²) in [4.78, 5) is 17.3. The van der Waals surface area contributed by atoms with Gasteiger partial charge in [0.2, 0.25) is 0 Å². The highest BCUT2D eigenvalue weighted by atomic mass is 16.5. The lowest BCUT2D eigenvalue weighted by Gasteiger charge is -2.36. The van der Waals surface area contributed by atoms with Gasteiger partial charge in [0.1, 0.15) is 5.78 Å². The Balaban J connectivity index is 1.50. The van der Waals surface area contributed by atoms with Gasteiger partial charge in [-0.2, -0.15) is 0 Å². The molecular formula is C17H30N2O2. The van der Waals surface area contributed by atoms with Gasteiger partial charge in [0.05, 0.1) is 13.2 Å². The van der Waals surface area contributed by atoms with Crippen molar-refractivity contribution in [1.82, 2.24) is 9.80 Å². The molecule has 120 valence electrons. The Morgan fingerprint density at radius 1 is 1.24 bits per heavy atom. The highest BCUT2D eigenvalue weighted by Gasteiger charge is 2.36. The Hall–Kier alpha value is -0.450. The van der Waals surface area contributed by atoms with Crippen molar-refractivity contribution in [2.75, 3.05) is 45.9 Å². The Labute approximate surface area is 128 Å². The molecule has 2 atom stereocenters. The summed E-state index contributed by atoms with van der Waals surface area (Å²) >= 11 is 0. The topological polar surface area (TPSA) is 32.8 Å². The van der Waals surface area contributed by atoms with Crippen LogP contribution in [0.4, 0.5) is 0 Å². The molecule has 2 unspecified atom stereocenters. The van der Waals surface area contributed by atoms with Crippen LogP contribution in [0.1, 0.15) is 39.5 Å². The number of carbonyl (C=O) groups excluding carboxylic acids is 1. The van der Waals surface area contributed by atoms with Gasteiger partial charge in [0.15, 0.2) is 0 Å². The fourth-order valence-corrected chi connectivity index (χ4v) is 4.25. The molecule has 4 nitrogen and oxygen atoms in total. The van der Waals surface area contributed by atoms with Crippen LogP contribution in [0.3, 0.4) is 0 Å². The average Bonchev–Trinajstić information content (AvgIpc) is 2.92. The lowest BCUT2D eigenvalue weighted by Crippen LogP contribution is -2.45. The molecule has 0 N–H and O–H groups in total. The molecule has 0 aromatic rings. The van der Waals surface area contributed by atoms with Gasteiger partial charge in [0, 0.05) is 44.6 Å². The molecule has 3 rings (SSSR count). The Morgan fingerprint density at radius 3 is 2.76 bits per heavy atom. The summed E-state index contributed by atoms with van der Waals surface area (Å²) in [5, 5.41) is 0. The summed E-state index contributed by atoms with van der Waals surface area (Å²) in [6.45, 7) is 11.8. The van der Waals surface area contributed by atoms with E-state index in [1.165, 1.54) is 6.42 Å². The van der Waals surface area contributed by atoms with Gasteiger partial charge in [-0.1, -0.05) is 13.8 Å². The predicted octanol–water partition coefficient (Wildman–Crippen LogP) is 1.79. The first-order valence-corrected chi connectivity index (χ1v) is 8.60. The molecular weight excluding hydrogens is 264 g/mol. The fraction of sp³-hybridized carbons (Fsp3) is 0.941. The highest BCUT2D eigenvalue weighted by molar-refractivity contribution is 5.82. The van der Waals surface area contributed by atoms with Crippen molar-refractivity contribution >= 4 is 5.78 Å². The molecule has 0 spiro atoms. The second kappa shape index (κ2) is 6.35. The molecule has 3 aliphatic rings. The molecule has 0 aromatic heterocycles. The monoisotopic (exact) mass is 294 g/mol. The van der Waals surface area contributed by atoms with Crippen LogP contribution < -0.4 is 0 Å². The summed E-state index contributed by atoms with van der Waals surface area (Å²) in [7, 11) is 0. The van der Waals surface area contributed by atoms with Crippen molar-refractivity contribution in [3.05, 3.63) is 0 Å². The molecule has 1 saturated carbocycles. The Bertz CT molecular complexity index is 377. The van der Waals surface area contributed by atoms with Crippen molar-refractivity contribution in [3.63, 3.8) is 0 Å². The molecule has 0 bridgehead atoms. The van der Waals surface area contributed by atoms with E-state index in [4.69, 9.17) is 4.74 Å². The molecule has 0 radical (unpaired) electrons. The minimum atomic E-state index is 0.275. The van der Waals surface area contributed by atoms with E-state index in [2.05, 4.69) is 23.6 Å². The number of likely N-dealkylation sites (tertiary alicyclic amines) is 1. The number of rotatable bonds is 3. The maximum atomic E-state index is 12.2. The second-order valence-electron chi connectivity index (χ2n) is 7.88. The van der Waals surface area contributed by atoms with Gasteiger partial charge in [-0.3, -0.25) is 9.69 Å². The zero-order chi connectivity index (χ0) is 14.9. The van der Waals surface area contributed by atoms with Crippen LogP contribution in [-0.2, 0) is 9.53 Å². The molecule has 4 heteroatoms. The lowest BCUT2D eigenvalue weighted by atomic mass is 9.71. The first kappa shape index (κ1) is 15.4. The van der Waals surface area contributed by atoms with Crippen LogP contribution in [0.25, 0.3) is 0 Å². The average molecular weight is 294 g/mol. The summed E-state index contributed by atoms with van der Waals surface area (Å²) in [5.74, 6) is 0.779. The van der Waals surface area contributed by atoms with E-state index in [1.807, 2.05) is 0 Å². The normalized spacial score (nSPS) is 35.2. The maximum absolute atomic E-state index is 12.2. The number of nitrogens with zero attached hydrogens (tertiary/aromatic N) is 2. The molecule has 2 saturated heterocycles. The van der Waals surface area contributed by atoms with Gasteiger partial charge in [-0.25, -0.2) is 0 Å². The van der Waals surface area contributed by atoms with Crippen LogP contribution in [-0.4, -0.2) is 67.6 Å². The van der Waals surface area contributed by atoms with Crippen molar-refractivity contribution in [3.8, 4) is 0 Å². The van der Waals surface area contributed by atoms with Crippen LogP contribution in [0.5, 0.6) is 0 Å². The summed E-state index contributed by atoms with van der Waals surface area (Å²) in [6.07, 6.45) is 4.19. The van der Waals surface area contributed by atoms with E-state index in [0.717, 1.165) is 65.2 Å². The van der Waals surface area contributed by atoms with E-state index in [9.17, 15) is 4.79 Å². The van der Waals surface area contributed by atoms with Crippen LogP contribution in [0.2, 0.25) is 0 Å². The van der Waals surface area contributed by atoms with E-state index in [-0.39, 0.29) is 5.92 Å². The highest BCUT2D eigenvalue weighted by Crippen LogP contribution is 2.37. The first-order chi connectivity index (χ1) is 10.0. The van der Waals surface area contributed by atoms with Crippen molar-refractivity contribution in [2.24, 2.45) is 11.3 Å². The smallest absolute Gasteiger partial charge is 0.137 e. The third-order valence-corrected chi connectivity index (χ3v) is 5.59. The standard InChI is InChI=1S/C17H30N2O2/c1-17(2)5-3-16(20)14(11-17)12-18-6-4-15(13-18)19-7-9-21-10-8-19/h14-15H,3-13H2,1-2H3. The number of Topliss-reactive ketones (excluding diaryl/α,β-unsaturated/α-hetero) is 1. The molecule has 21 heavy (non-hydrogen) atoms. The quantitative estimate of drug-likeness (QED) is 0.794. The molecule has 2 aliphatic heterocycles. The van der Waals surface area contributed by atoms with Gasteiger partial charge < -0.3 is 9.64 Å². The van der Waals surface area contributed by atoms with E-state index in [0.29, 0.717) is 17.2 Å². The predicted molar refractivity (Wildman–Crippen MR) is 83.4 cm³/mol. The summed E-state index contributed by atoms with van der Waals surface area (Å²) < 4.78 is 5.44. The van der Waals surface area contributed by atoms with Crippen molar-refractivity contribution < 1.29 is 9.53 Å². The second-order valence-corrected chi connectivity index (χ2v) is 7.88. The van der Waals surface area contributed by atoms with Crippen LogP contribution >= 0.6 is 0 Å². The largest absolute Gasteiger partial charge is 0.379 e. The number of carbonyl (C=O) groups is 1. The molecule has 1 aliphatic carbocycles.